The number of rotatable bonds is 43. The zero-order valence-corrected chi connectivity index (χ0v) is 37.4. The number of unbranched alkanes of at least 4 members (excludes halogenated alkanes) is 18. The Morgan fingerprint density at radius 1 is 0.383 bits per heavy atom. The van der Waals surface area contributed by atoms with E-state index in [1.165, 1.54) is 103 Å². The third-order valence-electron chi connectivity index (χ3n) is 11.3. The highest BCUT2D eigenvalue weighted by molar-refractivity contribution is 5.81. The van der Waals surface area contributed by atoms with Crippen molar-refractivity contribution in [2.45, 2.75) is 204 Å². The maximum absolute atomic E-state index is 12.5. The fourth-order valence-electron chi connectivity index (χ4n) is 7.19. The monoisotopic (exact) mass is 867 g/mol. The predicted molar refractivity (Wildman–Crippen MR) is 234 cm³/mol. The van der Waals surface area contributed by atoms with Crippen LogP contribution in [0.1, 0.15) is 155 Å². The largest absolute Gasteiger partial charge is 0.394 e. The third kappa shape index (κ3) is 28.9. The highest BCUT2D eigenvalue weighted by Crippen LogP contribution is 2.13. The van der Waals surface area contributed by atoms with Gasteiger partial charge in [-0.05, 0) is 51.9 Å². The smallest absolute Gasteiger partial charge is 0.251 e. The number of hydrogen-bond acceptors (Lipinski definition) is 14. The summed E-state index contributed by atoms with van der Waals surface area (Å²) in [6.45, 7) is 7.81. The van der Waals surface area contributed by atoms with Gasteiger partial charge >= 0.3 is 0 Å². The number of aliphatic hydroxyl groups is 10. The van der Waals surface area contributed by atoms with Crippen LogP contribution >= 0.6 is 0 Å². The van der Waals surface area contributed by atoms with Crippen LogP contribution in [0.3, 0.4) is 0 Å². The molecule has 0 rings (SSSR count). The summed E-state index contributed by atoms with van der Waals surface area (Å²) in [5.74, 6) is -1.77. The normalized spacial score (nSPS) is 16.0. The molecule has 358 valence electrons. The second-order valence-electron chi connectivity index (χ2n) is 16.7. The van der Waals surface area contributed by atoms with E-state index in [1.807, 2.05) is 0 Å². The van der Waals surface area contributed by atoms with Crippen molar-refractivity contribution in [1.29, 1.82) is 0 Å². The quantitative estimate of drug-likeness (QED) is 0.0386. The van der Waals surface area contributed by atoms with Crippen LogP contribution in [-0.4, -0.2) is 187 Å². The van der Waals surface area contributed by atoms with Gasteiger partial charge in [0.2, 0.25) is 0 Å². The average Bonchev–Trinajstić information content (AvgIpc) is 3.26. The molecule has 0 unspecified atom stereocenters. The zero-order valence-electron chi connectivity index (χ0n) is 37.4. The zero-order chi connectivity index (χ0) is 45.0. The van der Waals surface area contributed by atoms with Crippen LogP contribution in [0.2, 0.25) is 0 Å². The van der Waals surface area contributed by atoms with Crippen molar-refractivity contribution in [1.82, 2.24) is 20.4 Å². The van der Waals surface area contributed by atoms with E-state index < -0.39 is 73.9 Å². The molecule has 12 N–H and O–H groups in total. The Morgan fingerprint density at radius 2 is 0.650 bits per heavy atom. The molecule has 0 aliphatic rings. The van der Waals surface area contributed by atoms with Gasteiger partial charge in [0.15, 0.2) is 12.2 Å². The summed E-state index contributed by atoms with van der Waals surface area (Å²) < 4.78 is 0. The molecule has 0 radical (unpaired) electrons. The van der Waals surface area contributed by atoms with E-state index in [0.717, 1.165) is 51.9 Å². The highest BCUT2D eigenvalue weighted by Gasteiger charge is 2.35. The minimum Gasteiger partial charge on any atom is -0.394 e. The number of carbonyl (C=O) groups excluding carboxylic acids is 2. The van der Waals surface area contributed by atoms with Crippen LogP contribution in [0.15, 0.2) is 0 Å². The van der Waals surface area contributed by atoms with E-state index in [1.54, 1.807) is 0 Å². The summed E-state index contributed by atoms with van der Waals surface area (Å²) in [6, 6.07) is 0. The number of nitrogens with zero attached hydrogens (tertiary/aromatic N) is 2. The van der Waals surface area contributed by atoms with Crippen molar-refractivity contribution in [3.63, 3.8) is 0 Å². The molecule has 0 aromatic heterocycles. The fraction of sp³-hybridized carbons (Fsp3) is 0.955. The average molecular weight is 867 g/mol. The molecular weight excluding hydrogens is 777 g/mol. The summed E-state index contributed by atoms with van der Waals surface area (Å²) in [6.07, 6.45) is 10.5. The summed E-state index contributed by atoms with van der Waals surface area (Å²) >= 11 is 0. The van der Waals surface area contributed by atoms with Crippen molar-refractivity contribution in [2.75, 3.05) is 65.6 Å². The number of aliphatic hydroxyl groups excluding tert-OH is 10. The van der Waals surface area contributed by atoms with Crippen LogP contribution < -0.4 is 10.6 Å². The minimum atomic E-state index is -1.98. The van der Waals surface area contributed by atoms with Gasteiger partial charge < -0.3 is 71.5 Å². The predicted octanol–water partition coefficient (Wildman–Crippen LogP) is 1.32. The van der Waals surface area contributed by atoms with Gasteiger partial charge in [-0.1, -0.05) is 129 Å². The Bertz CT molecular complexity index is 929. The molecular formula is C44H90N4O12. The van der Waals surface area contributed by atoms with Gasteiger partial charge in [-0.2, -0.15) is 0 Å². The van der Waals surface area contributed by atoms with E-state index in [9.17, 15) is 50.4 Å². The first kappa shape index (κ1) is 58.5. The maximum atomic E-state index is 12.5. The lowest BCUT2D eigenvalue weighted by molar-refractivity contribution is -0.149. The van der Waals surface area contributed by atoms with Crippen molar-refractivity contribution < 1.29 is 60.7 Å². The Kier molecular flexibility index (Phi) is 38.1. The molecule has 0 fully saturated rings. The molecule has 8 atom stereocenters. The summed E-state index contributed by atoms with van der Waals surface area (Å²) in [4.78, 5) is 29.7. The van der Waals surface area contributed by atoms with E-state index in [2.05, 4.69) is 34.3 Å². The van der Waals surface area contributed by atoms with Crippen molar-refractivity contribution >= 4 is 11.8 Å². The van der Waals surface area contributed by atoms with Crippen LogP contribution in [0, 0.1) is 0 Å². The Morgan fingerprint density at radius 3 is 0.933 bits per heavy atom. The Balaban J connectivity index is 5.36. The fourth-order valence-corrected chi connectivity index (χ4v) is 7.19. The first-order valence-corrected chi connectivity index (χ1v) is 23.5. The van der Waals surface area contributed by atoms with Crippen molar-refractivity contribution in [3.8, 4) is 0 Å². The summed E-state index contributed by atoms with van der Waals surface area (Å²) in [5.41, 5.74) is 0. The number of amides is 2. The van der Waals surface area contributed by atoms with Crippen LogP contribution in [-0.2, 0) is 9.59 Å². The van der Waals surface area contributed by atoms with Crippen molar-refractivity contribution in [2.24, 2.45) is 0 Å². The Hall–Kier alpha value is -1.54. The molecule has 0 saturated carbocycles. The topological polar surface area (TPSA) is 267 Å². The molecule has 0 saturated heterocycles. The third-order valence-corrected chi connectivity index (χ3v) is 11.3. The number of hydrogen-bond donors (Lipinski definition) is 12. The molecule has 16 heteroatoms. The highest BCUT2D eigenvalue weighted by atomic mass is 16.4. The Labute approximate surface area is 361 Å². The second-order valence-corrected chi connectivity index (χ2v) is 16.7. The molecule has 0 bridgehead atoms. The molecule has 0 heterocycles. The standard InChI is InChI=1S/C44H90N4O12/c1-3-5-7-9-11-13-15-17-19-21-27-47(29-23-25-45-43(59)41(57)39(55)37(53)35(51)33-49)31-32-48(28-22-20-18-16-14-12-10-8-6-4-2)30-24-26-46-44(60)42(58)40(56)38(54)36(52)34-50/h35-42,49-58H,3-34H2,1-2H3,(H,45,59)(H,46,60)/t35-,36-,37-,38-,39+,40+,41-,42-/m0/s1. The molecule has 0 aromatic rings. The molecule has 0 aliphatic heterocycles. The van der Waals surface area contributed by atoms with Gasteiger partial charge in [0.1, 0.15) is 36.6 Å². The van der Waals surface area contributed by atoms with Crippen LogP contribution in [0.5, 0.6) is 0 Å². The molecule has 2 amide bonds. The van der Waals surface area contributed by atoms with E-state index in [4.69, 9.17) is 10.2 Å². The second kappa shape index (κ2) is 39.1. The molecule has 16 nitrogen and oxygen atoms in total. The molecule has 0 aliphatic carbocycles. The molecule has 0 aromatic carbocycles. The lowest BCUT2D eigenvalue weighted by atomic mass is 10.0. The molecule has 0 spiro atoms. The summed E-state index contributed by atoms with van der Waals surface area (Å²) in [7, 11) is 0. The van der Waals surface area contributed by atoms with E-state index in [-0.39, 0.29) is 13.1 Å². The van der Waals surface area contributed by atoms with Gasteiger partial charge in [0.05, 0.1) is 13.2 Å². The first-order chi connectivity index (χ1) is 28.9. The van der Waals surface area contributed by atoms with Gasteiger partial charge in [0, 0.05) is 26.2 Å². The maximum Gasteiger partial charge on any atom is 0.251 e. The lowest BCUT2D eigenvalue weighted by Crippen LogP contribution is -2.51. The minimum absolute atomic E-state index is 0.217. The van der Waals surface area contributed by atoms with Crippen molar-refractivity contribution in [3.05, 3.63) is 0 Å². The van der Waals surface area contributed by atoms with Gasteiger partial charge in [-0.3, -0.25) is 9.59 Å². The van der Waals surface area contributed by atoms with Gasteiger partial charge in [-0.15, -0.1) is 0 Å². The van der Waals surface area contributed by atoms with Crippen LogP contribution in [0.4, 0.5) is 0 Å². The SMILES string of the molecule is CCCCCCCCCCCCN(CCCNC(=O)[C@@H](O)[C@H](O)[C@@H](O)[C@@H](O)CO)CCN(CCCCCCCCCCCC)CCCNC(=O)[C@@H](O)[C@H](O)[C@@H](O)[C@@H](O)CO. The van der Waals surface area contributed by atoms with Gasteiger partial charge in [-0.25, -0.2) is 0 Å². The van der Waals surface area contributed by atoms with Crippen LogP contribution in [0.25, 0.3) is 0 Å². The van der Waals surface area contributed by atoms with E-state index in [0.29, 0.717) is 25.9 Å². The first-order valence-electron chi connectivity index (χ1n) is 23.5. The number of carbonyl (C=O) groups is 2. The van der Waals surface area contributed by atoms with E-state index >= 15 is 0 Å². The van der Waals surface area contributed by atoms with Gasteiger partial charge in [0.25, 0.3) is 11.8 Å². The molecule has 60 heavy (non-hydrogen) atoms. The number of nitrogens with one attached hydrogen (secondary N) is 2. The lowest BCUT2D eigenvalue weighted by Gasteiger charge is -2.28. The summed E-state index contributed by atoms with van der Waals surface area (Å²) in [5, 5.41) is 103.